The van der Waals surface area contributed by atoms with Gasteiger partial charge in [0.2, 0.25) is 0 Å². The highest BCUT2D eigenvalue weighted by Crippen LogP contribution is 2.30. The summed E-state index contributed by atoms with van der Waals surface area (Å²) in [7, 11) is 0. The van der Waals surface area contributed by atoms with Crippen molar-refractivity contribution in [2.45, 2.75) is 18.4 Å². The number of amides is 1. The van der Waals surface area contributed by atoms with E-state index in [2.05, 4.69) is 26.2 Å². The summed E-state index contributed by atoms with van der Waals surface area (Å²) in [6.07, 6.45) is 2.52. The number of benzene rings is 1. The van der Waals surface area contributed by atoms with Crippen molar-refractivity contribution in [2.75, 3.05) is 11.5 Å². The van der Waals surface area contributed by atoms with Gasteiger partial charge in [-0.1, -0.05) is 22.0 Å². The minimum absolute atomic E-state index is 0.354. The topological polar surface area (TPSA) is 82.2 Å². The van der Waals surface area contributed by atoms with Crippen LogP contribution in [0.1, 0.15) is 23.2 Å². The summed E-state index contributed by atoms with van der Waals surface area (Å²) < 4.78 is 0.806. The van der Waals surface area contributed by atoms with Crippen molar-refractivity contribution in [3.8, 4) is 0 Å². The lowest BCUT2D eigenvalue weighted by molar-refractivity contribution is -0.144. The smallest absolute Gasteiger partial charge is 0.329 e. The minimum Gasteiger partial charge on any atom is -0.480 e. The number of hydrogen-bond acceptors (Lipinski definition) is 3. The molecule has 3 rings (SSSR count). The number of H-pyrrole nitrogens is 1. The number of carbonyl (C=O) groups is 2. The Balaban J connectivity index is 1.94. The van der Waals surface area contributed by atoms with E-state index in [1.807, 2.05) is 18.2 Å². The van der Waals surface area contributed by atoms with E-state index in [0.717, 1.165) is 26.9 Å². The van der Waals surface area contributed by atoms with E-state index in [1.165, 1.54) is 0 Å². The highest BCUT2D eigenvalue weighted by Gasteiger charge is 2.41. The van der Waals surface area contributed by atoms with Crippen LogP contribution in [-0.2, 0) is 4.79 Å². The number of hydrogen-bond donors (Lipinski definition) is 3. The standard InChI is InChI=1S/C15H15BrN2O3S/c16-10-2-1-3-11-12(10)9(8-17-11)13(19)18-15(14(20)21)4-6-22-7-5-15/h1-3,8,17H,4-7H2,(H,18,19)(H,20,21). The van der Waals surface area contributed by atoms with Crippen LogP contribution in [0, 0.1) is 0 Å². The normalized spacial score (nSPS) is 17.3. The van der Waals surface area contributed by atoms with E-state index < -0.39 is 11.5 Å². The van der Waals surface area contributed by atoms with Crippen molar-refractivity contribution in [1.82, 2.24) is 10.3 Å². The van der Waals surface area contributed by atoms with Crippen LogP contribution < -0.4 is 5.32 Å². The molecule has 2 heterocycles. The minimum atomic E-state index is -1.16. The number of halogens is 1. The number of fused-ring (bicyclic) bond motifs is 1. The Morgan fingerprint density at radius 3 is 2.73 bits per heavy atom. The molecule has 1 aliphatic rings. The van der Waals surface area contributed by atoms with Crippen molar-refractivity contribution in [1.29, 1.82) is 0 Å². The monoisotopic (exact) mass is 382 g/mol. The molecule has 7 heteroatoms. The number of carbonyl (C=O) groups excluding carboxylic acids is 1. The van der Waals surface area contributed by atoms with Crippen LogP contribution in [0.5, 0.6) is 0 Å². The third-order valence-corrected chi connectivity index (χ3v) is 5.65. The van der Waals surface area contributed by atoms with Gasteiger partial charge in [-0.05, 0) is 36.5 Å². The molecular weight excluding hydrogens is 368 g/mol. The molecule has 22 heavy (non-hydrogen) atoms. The molecule has 0 saturated carbocycles. The molecule has 3 N–H and O–H groups in total. The first kappa shape index (κ1) is 15.4. The Hall–Kier alpha value is -1.47. The van der Waals surface area contributed by atoms with Crippen molar-refractivity contribution < 1.29 is 14.7 Å². The summed E-state index contributed by atoms with van der Waals surface area (Å²) in [5, 5.41) is 13.1. The number of aromatic nitrogens is 1. The second kappa shape index (κ2) is 5.96. The van der Waals surface area contributed by atoms with Gasteiger partial charge < -0.3 is 15.4 Å². The van der Waals surface area contributed by atoms with Gasteiger partial charge in [-0.15, -0.1) is 0 Å². The fraction of sp³-hybridized carbons (Fsp3) is 0.333. The number of aromatic amines is 1. The van der Waals surface area contributed by atoms with Crippen LogP contribution in [0.3, 0.4) is 0 Å². The average molecular weight is 383 g/mol. The predicted octanol–water partition coefficient (Wildman–Crippen LogP) is 3.01. The van der Waals surface area contributed by atoms with Gasteiger partial charge in [0, 0.05) is 21.6 Å². The highest BCUT2D eigenvalue weighted by molar-refractivity contribution is 9.10. The van der Waals surface area contributed by atoms with Crippen LogP contribution in [0.2, 0.25) is 0 Å². The molecule has 0 aliphatic carbocycles. The first-order chi connectivity index (χ1) is 10.5. The number of carboxylic acids is 1. The van der Waals surface area contributed by atoms with Gasteiger partial charge in [0.15, 0.2) is 0 Å². The Morgan fingerprint density at radius 2 is 2.05 bits per heavy atom. The number of nitrogens with one attached hydrogen (secondary N) is 2. The summed E-state index contributed by atoms with van der Waals surface area (Å²) in [4.78, 5) is 27.3. The number of carboxylic acid groups (broad SMARTS) is 1. The van der Waals surface area contributed by atoms with Crippen LogP contribution in [0.15, 0.2) is 28.9 Å². The molecule has 0 bridgehead atoms. The van der Waals surface area contributed by atoms with Gasteiger partial charge in [0.1, 0.15) is 5.54 Å². The van der Waals surface area contributed by atoms with Crippen LogP contribution >= 0.6 is 27.7 Å². The largest absolute Gasteiger partial charge is 0.480 e. The molecule has 1 aromatic carbocycles. The zero-order valence-corrected chi connectivity index (χ0v) is 14.1. The molecule has 0 radical (unpaired) electrons. The molecule has 1 saturated heterocycles. The lowest BCUT2D eigenvalue weighted by Gasteiger charge is -2.33. The summed E-state index contributed by atoms with van der Waals surface area (Å²) >= 11 is 5.16. The SMILES string of the molecule is O=C(NC1(C(=O)O)CCSCC1)c1c[nH]c2cccc(Br)c12. The van der Waals surface area contributed by atoms with E-state index in [0.29, 0.717) is 18.4 Å². The Kier molecular flexibility index (Phi) is 4.18. The zero-order chi connectivity index (χ0) is 15.7. The molecule has 0 spiro atoms. The Morgan fingerprint density at radius 1 is 1.32 bits per heavy atom. The molecule has 2 aromatic rings. The van der Waals surface area contributed by atoms with Crippen molar-refractivity contribution in [3.05, 3.63) is 34.4 Å². The molecule has 0 unspecified atom stereocenters. The fourth-order valence-corrected chi connectivity index (χ4v) is 4.49. The molecule has 116 valence electrons. The second-order valence-electron chi connectivity index (χ2n) is 5.32. The molecule has 1 fully saturated rings. The van der Waals surface area contributed by atoms with Gasteiger partial charge in [-0.3, -0.25) is 4.79 Å². The summed E-state index contributed by atoms with van der Waals surface area (Å²) in [6, 6.07) is 5.61. The summed E-state index contributed by atoms with van der Waals surface area (Å²) in [5.41, 5.74) is 0.136. The Labute approximate surface area is 140 Å². The van der Waals surface area contributed by atoms with E-state index in [1.54, 1.807) is 18.0 Å². The Bertz CT molecular complexity index is 737. The maximum atomic E-state index is 12.6. The maximum Gasteiger partial charge on any atom is 0.329 e. The third kappa shape index (κ3) is 2.63. The van der Waals surface area contributed by atoms with Crippen LogP contribution in [-0.4, -0.2) is 39.0 Å². The lowest BCUT2D eigenvalue weighted by Crippen LogP contribution is -2.56. The van der Waals surface area contributed by atoms with Crippen molar-refractivity contribution in [3.63, 3.8) is 0 Å². The predicted molar refractivity (Wildman–Crippen MR) is 90.4 cm³/mol. The lowest BCUT2D eigenvalue weighted by atomic mass is 9.92. The van der Waals surface area contributed by atoms with Crippen LogP contribution in [0.4, 0.5) is 0 Å². The van der Waals surface area contributed by atoms with E-state index in [9.17, 15) is 14.7 Å². The van der Waals surface area contributed by atoms with Gasteiger partial charge in [-0.2, -0.15) is 11.8 Å². The number of thioether (sulfide) groups is 1. The third-order valence-electron chi connectivity index (χ3n) is 4.01. The summed E-state index contributed by atoms with van der Waals surface area (Å²) in [6.45, 7) is 0. The van der Waals surface area contributed by atoms with Gasteiger partial charge in [0.25, 0.3) is 5.91 Å². The zero-order valence-electron chi connectivity index (χ0n) is 11.7. The molecule has 1 amide bonds. The first-order valence-corrected chi connectivity index (χ1v) is 8.87. The van der Waals surface area contributed by atoms with E-state index in [4.69, 9.17) is 0 Å². The second-order valence-corrected chi connectivity index (χ2v) is 7.40. The quantitative estimate of drug-likeness (QED) is 0.761. The molecule has 1 aromatic heterocycles. The number of aliphatic carboxylic acids is 1. The molecule has 0 atom stereocenters. The molecular formula is C15H15BrN2O3S. The van der Waals surface area contributed by atoms with Crippen LogP contribution in [0.25, 0.3) is 10.9 Å². The first-order valence-electron chi connectivity index (χ1n) is 6.93. The van der Waals surface area contributed by atoms with Gasteiger partial charge >= 0.3 is 5.97 Å². The van der Waals surface area contributed by atoms with Gasteiger partial charge in [0.05, 0.1) is 5.56 Å². The van der Waals surface area contributed by atoms with Gasteiger partial charge in [-0.25, -0.2) is 4.79 Å². The fourth-order valence-electron chi connectivity index (χ4n) is 2.72. The summed E-state index contributed by atoms with van der Waals surface area (Å²) in [5.74, 6) is 0.168. The van der Waals surface area contributed by atoms with E-state index >= 15 is 0 Å². The molecule has 1 aliphatic heterocycles. The maximum absolute atomic E-state index is 12.6. The molecule has 5 nitrogen and oxygen atoms in total. The van der Waals surface area contributed by atoms with Crippen molar-refractivity contribution >= 4 is 50.5 Å². The van der Waals surface area contributed by atoms with Crippen molar-refractivity contribution in [2.24, 2.45) is 0 Å². The number of rotatable bonds is 3. The van der Waals surface area contributed by atoms with E-state index in [-0.39, 0.29) is 5.91 Å². The average Bonchev–Trinajstić information content (AvgIpc) is 2.93. The highest BCUT2D eigenvalue weighted by atomic mass is 79.9.